The highest BCUT2D eigenvalue weighted by atomic mass is 16.5. The van der Waals surface area contributed by atoms with E-state index in [1.165, 1.54) is 0 Å². The summed E-state index contributed by atoms with van der Waals surface area (Å²) in [7, 11) is 6.91. The molecule has 0 saturated carbocycles. The van der Waals surface area contributed by atoms with Gasteiger partial charge in [0, 0.05) is 37.0 Å². The molecule has 0 fully saturated rings. The molecule has 0 N–H and O–H groups in total. The molecule has 4 aromatic rings. The lowest BCUT2D eigenvalue weighted by molar-refractivity contribution is 0.00393. The van der Waals surface area contributed by atoms with Gasteiger partial charge in [-0.1, -0.05) is 35.4 Å². The first-order chi connectivity index (χ1) is 20.5. The number of rotatable bonds is 15. The van der Waals surface area contributed by atoms with E-state index in [0.717, 1.165) is 5.56 Å². The standard InChI is InChI=1S/C31H34N6O5/c1-37(2)31-33-18-23(19-34-31)29(41-26-14-10-24(38-3)11-15-26)30(42-27-16-12-25(39-4)13-17-27)28(35-36-32)21-40-20-22-8-6-5-7-9-22/h5-19,28-30H,20-21H2,1-4H3/t28-,29+,30-/m0/s1. The van der Waals surface area contributed by atoms with E-state index in [0.29, 0.717) is 41.1 Å². The van der Waals surface area contributed by atoms with Gasteiger partial charge in [-0.15, -0.1) is 0 Å². The van der Waals surface area contributed by atoms with Gasteiger partial charge < -0.3 is 28.6 Å². The van der Waals surface area contributed by atoms with E-state index in [2.05, 4.69) is 20.0 Å². The predicted molar refractivity (Wildman–Crippen MR) is 159 cm³/mol. The van der Waals surface area contributed by atoms with Gasteiger partial charge in [-0.2, -0.15) is 0 Å². The Morgan fingerprint density at radius 2 is 1.33 bits per heavy atom. The van der Waals surface area contributed by atoms with Crippen molar-refractivity contribution in [3.63, 3.8) is 0 Å². The molecule has 0 aliphatic carbocycles. The van der Waals surface area contributed by atoms with Crippen molar-refractivity contribution in [2.75, 3.05) is 39.8 Å². The lowest BCUT2D eigenvalue weighted by Crippen LogP contribution is -2.41. The Labute approximate surface area is 245 Å². The molecule has 11 heteroatoms. The second kappa shape index (κ2) is 15.1. The summed E-state index contributed by atoms with van der Waals surface area (Å²) in [5, 5.41) is 4.10. The zero-order chi connectivity index (χ0) is 29.7. The number of methoxy groups -OCH3 is 2. The molecule has 42 heavy (non-hydrogen) atoms. The minimum atomic E-state index is -0.846. The van der Waals surface area contributed by atoms with Crippen LogP contribution in [0.3, 0.4) is 0 Å². The number of ether oxygens (including phenoxy) is 5. The fraction of sp³-hybridized carbons (Fsp3) is 0.290. The Balaban J connectivity index is 1.72. The SMILES string of the molecule is COc1ccc(O[C@@H]([C@H](COCc2ccccc2)N=[N+]=[N-])[C@H](Oc2ccc(OC)cc2)c2cnc(N(C)C)nc2)cc1. The van der Waals surface area contributed by atoms with Gasteiger partial charge in [-0.3, -0.25) is 0 Å². The van der Waals surface area contributed by atoms with Crippen molar-refractivity contribution >= 4 is 5.95 Å². The average Bonchev–Trinajstić information content (AvgIpc) is 3.03. The Kier molecular flexibility index (Phi) is 10.8. The third kappa shape index (κ3) is 8.26. The van der Waals surface area contributed by atoms with Crippen LogP contribution in [0.5, 0.6) is 23.0 Å². The van der Waals surface area contributed by atoms with E-state index in [9.17, 15) is 5.53 Å². The topological polar surface area (TPSA) is 124 Å². The van der Waals surface area contributed by atoms with Crippen LogP contribution in [0.2, 0.25) is 0 Å². The third-order valence-corrected chi connectivity index (χ3v) is 6.32. The number of nitrogens with zero attached hydrogens (tertiary/aromatic N) is 6. The lowest BCUT2D eigenvalue weighted by Gasteiger charge is -2.32. The number of hydrogen-bond donors (Lipinski definition) is 0. The molecule has 0 saturated heterocycles. The molecular weight excluding hydrogens is 536 g/mol. The molecule has 0 unspecified atom stereocenters. The van der Waals surface area contributed by atoms with Crippen LogP contribution in [0.1, 0.15) is 17.2 Å². The van der Waals surface area contributed by atoms with Crippen molar-refractivity contribution in [1.29, 1.82) is 0 Å². The van der Waals surface area contributed by atoms with Crippen molar-refractivity contribution in [2.45, 2.75) is 24.9 Å². The molecule has 1 heterocycles. The van der Waals surface area contributed by atoms with Crippen molar-refractivity contribution < 1.29 is 23.7 Å². The number of azide groups is 1. The quantitative estimate of drug-likeness (QED) is 0.0965. The second-order valence-corrected chi connectivity index (χ2v) is 9.46. The summed E-state index contributed by atoms with van der Waals surface area (Å²) in [4.78, 5) is 13.9. The Hall–Kier alpha value is -4.99. The summed E-state index contributed by atoms with van der Waals surface area (Å²) in [5.41, 5.74) is 11.2. The molecule has 0 radical (unpaired) electrons. The number of anilines is 1. The van der Waals surface area contributed by atoms with Crippen molar-refractivity contribution in [2.24, 2.45) is 5.11 Å². The van der Waals surface area contributed by atoms with Gasteiger partial charge in [0.2, 0.25) is 5.95 Å². The smallest absolute Gasteiger partial charge is 0.224 e. The monoisotopic (exact) mass is 570 g/mol. The normalized spacial score (nSPS) is 12.8. The van der Waals surface area contributed by atoms with Gasteiger partial charge in [-0.25, -0.2) is 9.97 Å². The van der Waals surface area contributed by atoms with E-state index < -0.39 is 18.2 Å². The molecule has 3 aromatic carbocycles. The Morgan fingerprint density at radius 3 is 1.86 bits per heavy atom. The fourth-order valence-corrected chi connectivity index (χ4v) is 4.12. The van der Waals surface area contributed by atoms with E-state index >= 15 is 0 Å². The number of aromatic nitrogens is 2. The average molecular weight is 571 g/mol. The predicted octanol–water partition coefficient (Wildman–Crippen LogP) is 6.02. The van der Waals surface area contributed by atoms with Crippen LogP contribution in [-0.2, 0) is 11.3 Å². The molecular formula is C31H34N6O5. The molecule has 11 nitrogen and oxygen atoms in total. The van der Waals surface area contributed by atoms with Crippen molar-refractivity contribution in [3.8, 4) is 23.0 Å². The maximum absolute atomic E-state index is 9.58. The minimum Gasteiger partial charge on any atom is -0.497 e. The van der Waals surface area contributed by atoms with Crippen LogP contribution in [0, 0.1) is 0 Å². The lowest BCUT2D eigenvalue weighted by atomic mass is 10.0. The van der Waals surface area contributed by atoms with Gasteiger partial charge in [0.1, 0.15) is 29.0 Å². The summed E-state index contributed by atoms with van der Waals surface area (Å²) in [6.07, 6.45) is 1.71. The Bertz CT molecular complexity index is 1410. The van der Waals surface area contributed by atoms with E-state index in [1.54, 1.807) is 80.0 Å². The maximum atomic E-state index is 9.58. The molecule has 4 rings (SSSR count). The van der Waals surface area contributed by atoms with Crippen LogP contribution in [0.15, 0.2) is 96.4 Å². The molecule has 0 bridgehead atoms. The third-order valence-electron chi connectivity index (χ3n) is 6.32. The van der Waals surface area contributed by atoms with Crippen LogP contribution in [-0.4, -0.2) is 57.0 Å². The zero-order valence-corrected chi connectivity index (χ0v) is 24.0. The van der Waals surface area contributed by atoms with Crippen LogP contribution in [0.4, 0.5) is 5.95 Å². The molecule has 1 aromatic heterocycles. The van der Waals surface area contributed by atoms with Crippen molar-refractivity contribution in [1.82, 2.24) is 9.97 Å². The van der Waals surface area contributed by atoms with Gasteiger partial charge in [0.05, 0.1) is 27.4 Å². The Morgan fingerprint density at radius 1 is 0.786 bits per heavy atom. The fourth-order valence-electron chi connectivity index (χ4n) is 4.12. The highest BCUT2D eigenvalue weighted by Gasteiger charge is 2.35. The van der Waals surface area contributed by atoms with Crippen molar-refractivity contribution in [3.05, 3.63) is 113 Å². The number of hydrogen-bond acceptors (Lipinski definition) is 9. The molecule has 0 amide bonds. The number of benzene rings is 3. The summed E-state index contributed by atoms with van der Waals surface area (Å²) >= 11 is 0. The largest absolute Gasteiger partial charge is 0.497 e. The van der Waals surface area contributed by atoms with Gasteiger partial charge in [-0.05, 0) is 59.6 Å². The first-order valence-corrected chi connectivity index (χ1v) is 13.3. The summed E-state index contributed by atoms with van der Waals surface area (Å²) in [6, 6.07) is 23.3. The van der Waals surface area contributed by atoms with E-state index in [1.807, 2.05) is 44.4 Å². The molecule has 0 aliphatic rings. The van der Waals surface area contributed by atoms with Gasteiger partial charge in [0.15, 0.2) is 12.2 Å². The highest BCUT2D eigenvalue weighted by molar-refractivity contribution is 5.34. The minimum absolute atomic E-state index is 0.0683. The molecule has 0 spiro atoms. The van der Waals surface area contributed by atoms with Crippen LogP contribution >= 0.6 is 0 Å². The highest BCUT2D eigenvalue weighted by Crippen LogP contribution is 2.32. The molecule has 0 aliphatic heterocycles. The van der Waals surface area contributed by atoms with E-state index in [4.69, 9.17) is 23.7 Å². The van der Waals surface area contributed by atoms with E-state index in [-0.39, 0.29) is 6.61 Å². The second-order valence-electron chi connectivity index (χ2n) is 9.46. The summed E-state index contributed by atoms with van der Waals surface area (Å²) < 4.78 is 29.7. The molecule has 218 valence electrons. The molecule has 3 atom stereocenters. The van der Waals surface area contributed by atoms with Gasteiger partial charge in [0.25, 0.3) is 0 Å². The van der Waals surface area contributed by atoms with Crippen LogP contribution in [0.25, 0.3) is 10.4 Å². The van der Waals surface area contributed by atoms with Gasteiger partial charge >= 0.3 is 0 Å². The first-order valence-electron chi connectivity index (χ1n) is 13.3. The maximum Gasteiger partial charge on any atom is 0.224 e. The summed E-state index contributed by atoms with van der Waals surface area (Å²) in [6.45, 7) is 0.400. The van der Waals surface area contributed by atoms with Crippen LogP contribution < -0.4 is 23.8 Å². The summed E-state index contributed by atoms with van der Waals surface area (Å²) in [5.74, 6) is 2.97. The first kappa shape index (κ1) is 30.0. The zero-order valence-electron chi connectivity index (χ0n) is 24.0.